The lowest BCUT2D eigenvalue weighted by Crippen LogP contribution is -2.43. The molecule has 0 fully saturated rings. The number of carbonyl (C=O) groups is 1. The van der Waals surface area contributed by atoms with E-state index in [9.17, 15) is 13.6 Å². The van der Waals surface area contributed by atoms with E-state index < -0.39 is 13.0 Å². The van der Waals surface area contributed by atoms with E-state index in [1.165, 1.54) is 10.9 Å². The fourth-order valence-corrected chi connectivity index (χ4v) is 2.43. The zero-order valence-electron chi connectivity index (χ0n) is 12.3. The molecule has 0 spiro atoms. The fraction of sp³-hybridized carbons (Fsp3) is 0.429. The molecule has 1 aliphatic rings. The Hall–Kier alpha value is -2.58. The Balaban J connectivity index is 1.53. The molecule has 2 aromatic rings. The highest BCUT2D eigenvalue weighted by Gasteiger charge is 2.22. The van der Waals surface area contributed by atoms with Gasteiger partial charge in [-0.25, -0.2) is 13.6 Å². The van der Waals surface area contributed by atoms with E-state index in [0.717, 1.165) is 11.4 Å². The molecule has 3 heterocycles. The zero-order valence-corrected chi connectivity index (χ0v) is 12.3. The summed E-state index contributed by atoms with van der Waals surface area (Å²) >= 11 is 0. The SMILES string of the molecule is O=C(NCc1ccn(CC(F)F)n1)N1CCc2nccnc2C1. The highest BCUT2D eigenvalue weighted by atomic mass is 19.3. The number of hydrogen-bond donors (Lipinski definition) is 1. The molecule has 9 heteroatoms. The smallest absolute Gasteiger partial charge is 0.318 e. The molecule has 0 atom stereocenters. The summed E-state index contributed by atoms with van der Waals surface area (Å²) in [7, 11) is 0. The first kappa shape index (κ1) is 15.3. The van der Waals surface area contributed by atoms with E-state index in [4.69, 9.17) is 0 Å². The molecule has 3 rings (SSSR count). The van der Waals surface area contributed by atoms with Gasteiger partial charge >= 0.3 is 6.03 Å². The number of urea groups is 1. The van der Waals surface area contributed by atoms with Crippen molar-refractivity contribution in [3.05, 3.63) is 41.7 Å². The van der Waals surface area contributed by atoms with E-state index >= 15 is 0 Å². The van der Waals surface area contributed by atoms with Crippen LogP contribution in [-0.2, 0) is 26.1 Å². The highest BCUT2D eigenvalue weighted by molar-refractivity contribution is 5.74. The van der Waals surface area contributed by atoms with Crippen molar-refractivity contribution in [3.8, 4) is 0 Å². The quantitative estimate of drug-likeness (QED) is 0.918. The lowest BCUT2D eigenvalue weighted by molar-refractivity contribution is 0.121. The second-order valence-electron chi connectivity index (χ2n) is 5.20. The van der Waals surface area contributed by atoms with E-state index in [2.05, 4.69) is 20.4 Å². The molecular weight excluding hydrogens is 306 g/mol. The lowest BCUT2D eigenvalue weighted by Gasteiger charge is -2.27. The minimum atomic E-state index is -2.45. The summed E-state index contributed by atoms with van der Waals surface area (Å²) in [6.45, 7) is 0.723. The van der Waals surface area contributed by atoms with E-state index in [1.54, 1.807) is 23.4 Å². The summed E-state index contributed by atoms with van der Waals surface area (Å²) in [6.07, 6.45) is 2.94. The molecule has 0 aliphatic carbocycles. The van der Waals surface area contributed by atoms with Crippen molar-refractivity contribution in [2.45, 2.75) is 32.5 Å². The van der Waals surface area contributed by atoms with Crippen LogP contribution in [0.4, 0.5) is 13.6 Å². The molecule has 1 aliphatic heterocycles. The van der Waals surface area contributed by atoms with Crippen LogP contribution in [0.25, 0.3) is 0 Å². The lowest BCUT2D eigenvalue weighted by atomic mass is 10.1. The van der Waals surface area contributed by atoms with Crippen molar-refractivity contribution in [1.29, 1.82) is 0 Å². The van der Waals surface area contributed by atoms with Crippen LogP contribution < -0.4 is 5.32 Å². The highest BCUT2D eigenvalue weighted by Crippen LogP contribution is 2.14. The van der Waals surface area contributed by atoms with Crippen LogP contribution in [0.3, 0.4) is 0 Å². The molecule has 122 valence electrons. The van der Waals surface area contributed by atoms with Gasteiger partial charge in [0, 0.05) is 31.6 Å². The molecule has 0 saturated heterocycles. The van der Waals surface area contributed by atoms with E-state index in [-0.39, 0.29) is 12.6 Å². The molecule has 2 amide bonds. The van der Waals surface area contributed by atoms with Crippen LogP contribution in [0, 0.1) is 0 Å². The maximum Gasteiger partial charge on any atom is 0.318 e. The summed E-state index contributed by atoms with van der Waals surface area (Å²) in [5, 5.41) is 6.73. The number of nitrogens with one attached hydrogen (secondary N) is 1. The number of amides is 2. The second-order valence-corrected chi connectivity index (χ2v) is 5.20. The van der Waals surface area contributed by atoms with Gasteiger partial charge in [0.1, 0.15) is 6.54 Å². The van der Waals surface area contributed by atoms with Gasteiger partial charge in [0.25, 0.3) is 6.43 Å². The van der Waals surface area contributed by atoms with Crippen molar-refractivity contribution in [2.24, 2.45) is 0 Å². The molecule has 23 heavy (non-hydrogen) atoms. The van der Waals surface area contributed by atoms with Gasteiger partial charge < -0.3 is 10.2 Å². The largest absolute Gasteiger partial charge is 0.332 e. The van der Waals surface area contributed by atoms with Gasteiger partial charge in [-0.2, -0.15) is 5.10 Å². The number of carbonyl (C=O) groups excluding carboxylic acids is 1. The third kappa shape index (κ3) is 3.79. The van der Waals surface area contributed by atoms with Crippen molar-refractivity contribution in [1.82, 2.24) is 30.0 Å². The zero-order chi connectivity index (χ0) is 16.2. The molecule has 2 aromatic heterocycles. The Morgan fingerprint density at radius 1 is 1.30 bits per heavy atom. The summed E-state index contributed by atoms with van der Waals surface area (Å²) < 4.78 is 25.7. The first-order valence-corrected chi connectivity index (χ1v) is 7.24. The van der Waals surface area contributed by atoms with Crippen LogP contribution in [0.15, 0.2) is 24.7 Å². The molecule has 7 nitrogen and oxygen atoms in total. The normalized spacial score (nSPS) is 14.0. The topological polar surface area (TPSA) is 75.9 Å². The van der Waals surface area contributed by atoms with Crippen molar-refractivity contribution >= 4 is 6.03 Å². The van der Waals surface area contributed by atoms with Crippen LogP contribution in [0.2, 0.25) is 0 Å². The Morgan fingerprint density at radius 3 is 2.87 bits per heavy atom. The van der Waals surface area contributed by atoms with Gasteiger partial charge in [0.2, 0.25) is 0 Å². The number of halogens is 2. The Kier molecular flexibility index (Phi) is 4.45. The predicted molar refractivity (Wildman–Crippen MR) is 76.6 cm³/mol. The number of rotatable bonds is 4. The Labute approximate surface area is 131 Å². The first-order chi connectivity index (χ1) is 11.1. The summed E-state index contributed by atoms with van der Waals surface area (Å²) in [5.74, 6) is 0. The van der Waals surface area contributed by atoms with Crippen molar-refractivity contribution < 1.29 is 13.6 Å². The maximum absolute atomic E-state index is 12.3. The van der Waals surface area contributed by atoms with Crippen LogP contribution >= 0.6 is 0 Å². The maximum atomic E-state index is 12.3. The van der Waals surface area contributed by atoms with Crippen LogP contribution in [0.1, 0.15) is 17.1 Å². The van der Waals surface area contributed by atoms with Gasteiger partial charge in [-0.3, -0.25) is 14.6 Å². The number of hydrogen-bond acceptors (Lipinski definition) is 4. The molecule has 0 bridgehead atoms. The minimum absolute atomic E-state index is 0.193. The fourth-order valence-electron chi connectivity index (χ4n) is 2.43. The van der Waals surface area contributed by atoms with Gasteiger partial charge in [0.15, 0.2) is 0 Å². The van der Waals surface area contributed by atoms with Gasteiger partial charge in [0.05, 0.1) is 30.2 Å². The van der Waals surface area contributed by atoms with Gasteiger partial charge in [-0.15, -0.1) is 0 Å². The third-order valence-electron chi connectivity index (χ3n) is 3.55. The average Bonchev–Trinajstić information content (AvgIpc) is 2.98. The monoisotopic (exact) mass is 322 g/mol. The van der Waals surface area contributed by atoms with Gasteiger partial charge in [-0.1, -0.05) is 0 Å². The standard InChI is InChI=1S/C14H16F2N6O/c15-13(16)9-22-6-1-10(20-22)7-19-14(23)21-5-2-11-12(8-21)18-4-3-17-11/h1,3-4,6,13H,2,5,7-9H2,(H,19,23). The third-order valence-corrected chi connectivity index (χ3v) is 3.55. The van der Waals surface area contributed by atoms with Gasteiger partial charge in [-0.05, 0) is 6.07 Å². The van der Waals surface area contributed by atoms with Crippen LogP contribution in [-0.4, -0.2) is 43.6 Å². The molecule has 0 saturated carbocycles. The molecule has 0 unspecified atom stereocenters. The number of fused-ring (bicyclic) bond motifs is 1. The number of nitrogens with zero attached hydrogens (tertiary/aromatic N) is 5. The molecule has 0 aromatic carbocycles. The average molecular weight is 322 g/mol. The summed E-state index contributed by atoms with van der Waals surface area (Å²) in [6, 6.07) is 1.38. The predicted octanol–water partition coefficient (Wildman–Crippen LogP) is 1.21. The first-order valence-electron chi connectivity index (χ1n) is 7.24. The summed E-state index contributed by atoms with van der Waals surface area (Å²) in [5.41, 5.74) is 2.26. The second kappa shape index (κ2) is 6.67. The summed E-state index contributed by atoms with van der Waals surface area (Å²) in [4.78, 5) is 22.3. The number of aromatic nitrogens is 4. The van der Waals surface area contributed by atoms with E-state index in [1.807, 2.05) is 0 Å². The van der Waals surface area contributed by atoms with E-state index in [0.29, 0.717) is 25.2 Å². The molecular formula is C14H16F2N6O. The van der Waals surface area contributed by atoms with Crippen LogP contribution in [0.5, 0.6) is 0 Å². The van der Waals surface area contributed by atoms with Crippen molar-refractivity contribution in [2.75, 3.05) is 6.54 Å². The molecule has 0 radical (unpaired) electrons. The molecule has 1 N–H and O–H groups in total. The Bertz CT molecular complexity index is 689. The van der Waals surface area contributed by atoms with Crippen molar-refractivity contribution in [3.63, 3.8) is 0 Å². The number of alkyl halides is 2. The Morgan fingerprint density at radius 2 is 2.09 bits per heavy atom. The minimum Gasteiger partial charge on any atom is -0.332 e.